The molecule has 1 fully saturated rings. The van der Waals surface area contributed by atoms with Crippen LogP contribution in [0.25, 0.3) is 0 Å². The summed E-state index contributed by atoms with van der Waals surface area (Å²) < 4.78 is 20.0. The molecule has 0 aromatic heterocycles. The van der Waals surface area contributed by atoms with Crippen molar-refractivity contribution in [1.82, 2.24) is 4.90 Å². The van der Waals surface area contributed by atoms with Crippen LogP contribution in [-0.4, -0.2) is 44.2 Å². The molecule has 0 spiro atoms. The fourth-order valence-corrected chi connectivity index (χ4v) is 11.5. The van der Waals surface area contributed by atoms with Gasteiger partial charge in [-0.1, -0.05) is 65.8 Å². The molecule has 0 bridgehead atoms. The largest absolute Gasteiger partial charge is 0.542 e. The number of nitrogens with zero attached hydrogens (tertiary/aromatic N) is 1. The maximum atomic E-state index is 13.1. The Morgan fingerprint density at radius 1 is 1.00 bits per heavy atom. The first-order valence-electron chi connectivity index (χ1n) is 13.5. The van der Waals surface area contributed by atoms with Crippen LogP contribution in [-0.2, 0) is 6.42 Å². The smallest absolute Gasteiger partial charge is 0.258 e. The highest BCUT2D eigenvalue weighted by molar-refractivity contribution is 6.78. The van der Waals surface area contributed by atoms with Gasteiger partial charge in [-0.15, -0.1) is 0 Å². The molecule has 2 aromatic carbocycles. The summed E-state index contributed by atoms with van der Waals surface area (Å²) in [6.45, 7) is 16.1. The highest BCUT2D eigenvalue weighted by Crippen LogP contribution is 2.44. The summed E-state index contributed by atoms with van der Waals surface area (Å²) in [5.74, 6) is 0.521. The predicted octanol–water partition coefficient (Wildman–Crippen LogP) is 7.18. The Hall–Kier alpha value is -2.02. The SMILES string of the molecule is CC(C)[Si](Oc1cccc(C(O)C2CCN(CCc3ccc(F)cc3)CC2)c1C=O)(C(C)C)C(C)C. The van der Waals surface area contributed by atoms with Crippen LogP contribution in [0.4, 0.5) is 4.39 Å². The van der Waals surface area contributed by atoms with Crippen LogP contribution in [0.5, 0.6) is 5.75 Å². The van der Waals surface area contributed by atoms with Crippen LogP contribution in [0.2, 0.25) is 16.6 Å². The molecule has 1 heterocycles. The normalized spacial score (nSPS) is 16.6. The van der Waals surface area contributed by atoms with E-state index in [9.17, 15) is 14.3 Å². The number of likely N-dealkylation sites (tertiary alicyclic amines) is 1. The van der Waals surface area contributed by atoms with E-state index >= 15 is 0 Å². The van der Waals surface area contributed by atoms with Gasteiger partial charge in [-0.25, -0.2) is 4.39 Å². The summed E-state index contributed by atoms with van der Waals surface area (Å²) in [6.07, 6.45) is 2.80. The molecule has 198 valence electrons. The molecular weight excluding hydrogens is 469 g/mol. The highest BCUT2D eigenvalue weighted by Gasteiger charge is 2.47. The molecule has 0 radical (unpaired) electrons. The van der Waals surface area contributed by atoms with Crippen molar-refractivity contribution in [3.63, 3.8) is 0 Å². The molecule has 0 amide bonds. The van der Waals surface area contributed by atoms with Crippen LogP contribution >= 0.6 is 0 Å². The van der Waals surface area contributed by atoms with E-state index in [1.807, 2.05) is 30.3 Å². The number of hydrogen-bond acceptors (Lipinski definition) is 4. The number of aliphatic hydroxyl groups is 1. The second kappa shape index (κ2) is 12.5. The molecule has 1 unspecified atom stereocenters. The van der Waals surface area contributed by atoms with Crippen LogP contribution in [0, 0.1) is 11.7 Å². The van der Waals surface area contributed by atoms with Crippen molar-refractivity contribution in [2.24, 2.45) is 5.92 Å². The average Bonchev–Trinajstić information content (AvgIpc) is 2.85. The van der Waals surface area contributed by atoms with E-state index in [4.69, 9.17) is 4.43 Å². The number of carbonyl (C=O) groups excluding carboxylic acids is 1. The van der Waals surface area contributed by atoms with Crippen molar-refractivity contribution in [3.8, 4) is 5.75 Å². The summed E-state index contributed by atoms with van der Waals surface area (Å²) in [5, 5.41) is 11.4. The lowest BCUT2D eigenvalue weighted by atomic mass is 9.85. The number of carbonyl (C=O) groups is 1. The van der Waals surface area contributed by atoms with Gasteiger partial charge in [0.25, 0.3) is 8.32 Å². The van der Waals surface area contributed by atoms with Gasteiger partial charge in [-0.2, -0.15) is 0 Å². The lowest BCUT2D eigenvalue weighted by Gasteiger charge is -2.42. The lowest BCUT2D eigenvalue weighted by molar-refractivity contribution is 0.0584. The zero-order valence-electron chi connectivity index (χ0n) is 22.8. The monoisotopic (exact) mass is 513 g/mol. The van der Waals surface area contributed by atoms with Gasteiger partial charge in [0.05, 0.1) is 11.7 Å². The van der Waals surface area contributed by atoms with Gasteiger partial charge in [-0.3, -0.25) is 4.79 Å². The Morgan fingerprint density at radius 3 is 2.11 bits per heavy atom. The molecule has 6 heteroatoms. The standard InChI is InChI=1S/C30H44FNO3Si/c1-21(2)36(22(3)4,23(5)6)35-29-9-7-8-27(28(29)20-33)30(34)25-15-18-32(19-16-25)17-14-24-10-12-26(31)13-11-24/h7-13,20-23,25,30,34H,14-19H2,1-6H3. The highest BCUT2D eigenvalue weighted by atomic mass is 28.4. The summed E-state index contributed by atoms with van der Waals surface area (Å²) >= 11 is 0. The molecular formula is C30H44FNO3Si. The van der Waals surface area contributed by atoms with Crippen molar-refractivity contribution in [2.75, 3.05) is 19.6 Å². The fourth-order valence-electron chi connectivity index (χ4n) is 6.26. The number of benzene rings is 2. The zero-order chi connectivity index (χ0) is 26.5. The van der Waals surface area contributed by atoms with E-state index in [2.05, 4.69) is 46.4 Å². The first-order chi connectivity index (χ1) is 17.1. The molecule has 2 aromatic rings. The molecule has 1 N–H and O–H groups in total. The van der Waals surface area contributed by atoms with E-state index in [-0.39, 0.29) is 11.7 Å². The topological polar surface area (TPSA) is 49.8 Å². The predicted molar refractivity (Wildman–Crippen MR) is 148 cm³/mol. The lowest BCUT2D eigenvalue weighted by Crippen LogP contribution is -2.51. The van der Waals surface area contributed by atoms with Gasteiger partial charge >= 0.3 is 0 Å². The number of halogens is 1. The average molecular weight is 514 g/mol. The van der Waals surface area contributed by atoms with Gasteiger partial charge in [0.2, 0.25) is 0 Å². The molecule has 0 saturated carbocycles. The minimum absolute atomic E-state index is 0.100. The second-order valence-electron chi connectivity index (χ2n) is 11.3. The third kappa shape index (κ3) is 6.27. The number of rotatable bonds is 11. The van der Waals surface area contributed by atoms with Crippen molar-refractivity contribution in [1.29, 1.82) is 0 Å². The van der Waals surface area contributed by atoms with Gasteiger partial charge in [0, 0.05) is 6.54 Å². The van der Waals surface area contributed by atoms with Crippen molar-refractivity contribution in [3.05, 3.63) is 65.0 Å². The molecule has 1 atom stereocenters. The fraction of sp³-hybridized carbons (Fsp3) is 0.567. The minimum Gasteiger partial charge on any atom is -0.542 e. The first-order valence-corrected chi connectivity index (χ1v) is 15.7. The van der Waals surface area contributed by atoms with Crippen molar-refractivity contribution < 1.29 is 18.7 Å². The molecule has 1 aliphatic heterocycles. The van der Waals surface area contributed by atoms with E-state index in [1.165, 1.54) is 12.1 Å². The van der Waals surface area contributed by atoms with Gasteiger partial charge in [0.1, 0.15) is 11.6 Å². The van der Waals surface area contributed by atoms with E-state index < -0.39 is 14.4 Å². The maximum absolute atomic E-state index is 13.1. The summed E-state index contributed by atoms with van der Waals surface area (Å²) in [7, 11) is -2.23. The van der Waals surface area contributed by atoms with E-state index in [0.29, 0.717) is 33.5 Å². The maximum Gasteiger partial charge on any atom is 0.258 e. The van der Waals surface area contributed by atoms with Crippen LogP contribution in [0.1, 0.15) is 82.0 Å². The van der Waals surface area contributed by atoms with Crippen LogP contribution in [0.15, 0.2) is 42.5 Å². The van der Waals surface area contributed by atoms with Crippen LogP contribution < -0.4 is 4.43 Å². The number of aldehydes is 1. The van der Waals surface area contributed by atoms with Gasteiger partial charge in [0.15, 0.2) is 6.29 Å². The third-order valence-electron chi connectivity index (χ3n) is 8.24. The van der Waals surface area contributed by atoms with E-state index in [0.717, 1.165) is 50.7 Å². The Bertz CT molecular complexity index is 962. The first kappa shape index (κ1) is 28.5. The summed E-state index contributed by atoms with van der Waals surface area (Å²) in [5.41, 5.74) is 3.50. The summed E-state index contributed by atoms with van der Waals surface area (Å²) in [4.78, 5) is 14.7. The molecule has 0 aliphatic carbocycles. The third-order valence-corrected chi connectivity index (χ3v) is 14.2. The summed E-state index contributed by atoms with van der Waals surface area (Å²) in [6, 6.07) is 12.4. The molecule has 4 nitrogen and oxygen atoms in total. The van der Waals surface area contributed by atoms with E-state index in [1.54, 1.807) is 0 Å². The number of piperidine rings is 1. The zero-order valence-corrected chi connectivity index (χ0v) is 23.8. The van der Waals surface area contributed by atoms with Gasteiger partial charge in [-0.05, 0) is 84.2 Å². The quantitative estimate of drug-likeness (QED) is 0.255. The number of aliphatic hydroxyl groups excluding tert-OH is 1. The van der Waals surface area contributed by atoms with Crippen LogP contribution in [0.3, 0.4) is 0 Å². The Kier molecular flexibility index (Phi) is 9.90. The van der Waals surface area contributed by atoms with Gasteiger partial charge < -0.3 is 14.4 Å². The molecule has 1 saturated heterocycles. The molecule has 3 rings (SSSR count). The Morgan fingerprint density at radius 2 is 1.58 bits per heavy atom. The Balaban J connectivity index is 1.70. The number of hydrogen-bond donors (Lipinski definition) is 1. The molecule has 36 heavy (non-hydrogen) atoms. The molecule has 1 aliphatic rings. The van der Waals surface area contributed by atoms with Crippen molar-refractivity contribution >= 4 is 14.6 Å². The minimum atomic E-state index is -2.23. The van der Waals surface area contributed by atoms with Crippen molar-refractivity contribution in [2.45, 2.75) is 83.5 Å². The second-order valence-corrected chi connectivity index (χ2v) is 16.7. The Labute approximate surface area is 218 Å².